The molecule has 20 heavy (non-hydrogen) atoms. The van der Waals surface area contributed by atoms with Gasteiger partial charge in [-0.2, -0.15) is 8.42 Å². The molecule has 2 rings (SSSR count). The zero-order valence-electron chi connectivity index (χ0n) is 10.4. The van der Waals surface area contributed by atoms with Crippen molar-refractivity contribution in [2.75, 3.05) is 4.72 Å². The van der Waals surface area contributed by atoms with Gasteiger partial charge in [0, 0.05) is 13.1 Å². The van der Waals surface area contributed by atoms with Crippen LogP contribution in [-0.4, -0.2) is 23.4 Å². The number of sulfonamides is 1. The number of anilines is 1. The lowest BCUT2D eigenvalue weighted by Gasteiger charge is -2.10. The molecule has 10 heteroatoms. The number of nitrogens with zero attached hydrogens (tertiary/aromatic N) is 3. The number of nitrogens with one attached hydrogen (secondary N) is 1. The van der Waals surface area contributed by atoms with E-state index in [4.69, 9.17) is 0 Å². The molecule has 0 aliphatic carbocycles. The molecule has 108 valence electrons. The molecule has 2 aromatic rings. The molecule has 1 aromatic heterocycles. The molecule has 1 aromatic carbocycles. The third-order valence-electron chi connectivity index (χ3n) is 2.48. The van der Waals surface area contributed by atoms with Crippen molar-refractivity contribution in [2.24, 2.45) is 7.05 Å². The van der Waals surface area contributed by atoms with E-state index in [2.05, 4.69) is 26.2 Å². The zero-order chi connectivity index (χ0) is 15.1. The minimum absolute atomic E-state index is 0.0273. The molecule has 1 heterocycles. The lowest BCUT2D eigenvalue weighted by Crippen LogP contribution is -2.18. The summed E-state index contributed by atoms with van der Waals surface area (Å²) in [6.45, 7) is 1.37. The highest BCUT2D eigenvalue weighted by atomic mass is 79.9. The van der Waals surface area contributed by atoms with Crippen LogP contribution in [0.3, 0.4) is 0 Å². The van der Waals surface area contributed by atoms with Crippen LogP contribution in [0, 0.1) is 18.6 Å². The molecule has 0 spiro atoms. The van der Waals surface area contributed by atoms with E-state index < -0.39 is 27.3 Å². The summed E-state index contributed by atoms with van der Waals surface area (Å²) in [5.74, 6) is -1.59. The number of aryl methyl sites for hydroxylation is 2. The van der Waals surface area contributed by atoms with Gasteiger partial charge in [0.15, 0.2) is 4.60 Å². The van der Waals surface area contributed by atoms with Crippen LogP contribution in [0.2, 0.25) is 0 Å². The first-order chi connectivity index (χ1) is 9.22. The fourth-order valence-corrected chi connectivity index (χ4v) is 3.68. The van der Waals surface area contributed by atoms with Crippen molar-refractivity contribution in [1.82, 2.24) is 15.0 Å². The minimum Gasteiger partial charge on any atom is -0.275 e. The number of halogens is 3. The van der Waals surface area contributed by atoms with Gasteiger partial charge in [-0.25, -0.2) is 13.5 Å². The van der Waals surface area contributed by atoms with Crippen molar-refractivity contribution in [3.63, 3.8) is 0 Å². The van der Waals surface area contributed by atoms with E-state index in [0.717, 1.165) is 16.8 Å². The average Bonchev–Trinajstić information content (AvgIpc) is 2.66. The standard InChI is InChI=1S/C10H9BrF2N4O2S/c1-5-3-7(13)8(4-6(5)12)15-20(18,19)10-9(11)14-16-17(10)2/h3-4,15H,1-2H3. The molecule has 0 atom stereocenters. The molecule has 0 aliphatic rings. The van der Waals surface area contributed by atoms with Gasteiger partial charge >= 0.3 is 0 Å². The van der Waals surface area contributed by atoms with Gasteiger partial charge in [-0.3, -0.25) is 4.72 Å². The van der Waals surface area contributed by atoms with Gasteiger partial charge in [-0.15, -0.1) is 5.10 Å². The number of rotatable bonds is 3. The first-order valence-electron chi connectivity index (χ1n) is 5.26. The van der Waals surface area contributed by atoms with Gasteiger partial charge in [0.25, 0.3) is 10.0 Å². The Kier molecular flexibility index (Phi) is 3.78. The Morgan fingerprint density at radius 1 is 1.30 bits per heavy atom. The molecular weight excluding hydrogens is 358 g/mol. The summed E-state index contributed by atoms with van der Waals surface area (Å²) < 4.78 is 54.2. The Morgan fingerprint density at radius 2 is 1.95 bits per heavy atom. The lowest BCUT2D eigenvalue weighted by atomic mass is 10.2. The summed E-state index contributed by atoms with van der Waals surface area (Å²) >= 11 is 2.93. The fourth-order valence-electron chi connectivity index (χ4n) is 1.53. The maximum absolute atomic E-state index is 13.7. The molecule has 0 unspecified atom stereocenters. The van der Waals surface area contributed by atoms with E-state index in [9.17, 15) is 17.2 Å². The third kappa shape index (κ3) is 2.66. The second kappa shape index (κ2) is 5.09. The second-order valence-corrected chi connectivity index (χ2v) is 6.34. The van der Waals surface area contributed by atoms with Crippen LogP contribution < -0.4 is 4.72 Å². The third-order valence-corrected chi connectivity index (χ3v) is 4.74. The summed E-state index contributed by atoms with van der Waals surface area (Å²) in [6.07, 6.45) is 0. The summed E-state index contributed by atoms with van der Waals surface area (Å²) in [7, 11) is -2.79. The molecule has 0 aliphatic heterocycles. The molecule has 0 bridgehead atoms. The summed E-state index contributed by atoms with van der Waals surface area (Å²) in [4.78, 5) is 0. The normalized spacial score (nSPS) is 11.7. The Balaban J connectivity index is 2.47. The van der Waals surface area contributed by atoms with Crippen LogP contribution in [0.4, 0.5) is 14.5 Å². The van der Waals surface area contributed by atoms with Gasteiger partial charge in [0.2, 0.25) is 5.03 Å². The molecule has 6 nitrogen and oxygen atoms in total. The van der Waals surface area contributed by atoms with Gasteiger partial charge in [0.1, 0.15) is 11.6 Å². The van der Waals surface area contributed by atoms with E-state index >= 15 is 0 Å². The van der Waals surface area contributed by atoms with E-state index in [0.29, 0.717) is 0 Å². The first kappa shape index (κ1) is 14.9. The van der Waals surface area contributed by atoms with Crippen molar-refractivity contribution in [2.45, 2.75) is 11.9 Å². The van der Waals surface area contributed by atoms with E-state index in [-0.39, 0.29) is 15.2 Å². The molecule has 0 saturated carbocycles. The predicted molar refractivity (Wildman–Crippen MR) is 70.6 cm³/mol. The number of aromatic nitrogens is 3. The van der Waals surface area contributed by atoms with E-state index in [1.807, 2.05) is 4.72 Å². The summed E-state index contributed by atoms with van der Waals surface area (Å²) in [6, 6.07) is 1.68. The van der Waals surface area contributed by atoms with Gasteiger partial charge < -0.3 is 0 Å². The number of hydrogen-bond acceptors (Lipinski definition) is 4. The van der Waals surface area contributed by atoms with Crippen molar-refractivity contribution in [3.05, 3.63) is 33.9 Å². The van der Waals surface area contributed by atoms with Crippen LogP contribution in [-0.2, 0) is 17.1 Å². The van der Waals surface area contributed by atoms with Crippen LogP contribution in [0.5, 0.6) is 0 Å². The Hall–Kier alpha value is -1.55. The summed E-state index contributed by atoms with van der Waals surface area (Å²) in [5.41, 5.74) is -0.407. The smallest absolute Gasteiger partial charge is 0.275 e. The van der Waals surface area contributed by atoms with E-state index in [1.54, 1.807) is 0 Å². The van der Waals surface area contributed by atoms with Crippen molar-refractivity contribution < 1.29 is 17.2 Å². The quantitative estimate of drug-likeness (QED) is 0.900. The monoisotopic (exact) mass is 366 g/mol. The highest BCUT2D eigenvalue weighted by Crippen LogP contribution is 2.24. The van der Waals surface area contributed by atoms with Gasteiger partial charge in [-0.05, 0) is 34.5 Å². The van der Waals surface area contributed by atoms with Crippen molar-refractivity contribution >= 4 is 31.6 Å². The van der Waals surface area contributed by atoms with Crippen LogP contribution >= 0.6 is 15.9 Å². The minimum atomic E-state index is -4.15. The number of benzene rings is 1. The maximum atomic E-state index is 13.7. The highest BCUT2D eigenvalue weighted by molar-refractivity contribution is 9.10. The van der Waals surface area contributed by atoms with Gasteiger partial charge in [0.05, 0.1) is 5.69 Å². The largest absolute Gasteiger partial charge is 0.282 e. The van der Waals surface area contributed by atoms with Crippen LogP contribution in [0.15, 0.2) is 21.8 Å². The zero-order valence-corrected chi connectivity index (χ0v) is 12.8. The lowest BCUT2D eigenvalue weighted by molar-refractivity contribution is 0.575. The van der Waals surface area contributed by atoms with Crippen LogP contribution in [0.1, 0.15) is 5.56 Å². The molecule has 0 radical (unpaired) electrons. The van der Waals surface area contributed by atoms with Crippen molar-refractivity contribution in [1.29, 1.82) is 0 Å². The fraction of sp³-hybridized carbons (Fsp3) is 0.200. The first-order valence-corrected chi connectivity index (χ1v) is 7.53. The van der Waals surface area contributed by atoms with Crippen LogP contribution in [0.25, 0.3) is 0 Å². The molecule has 0 saturated heterocycles. The number of hydrogen-bond donors (Lipinski definition) is 1. The molecule has 0 fully saturated rings. The average molecular weight is 367 g/mol. The second-order valence-electron chi connectivity index (χ2n) is 4.00. The Bertz CT molecular complexity index is 756. The maximum Gasteiger partial charge on any atom is 0.282 e. The highest BCUT2D eigenvalue weighted by Gasteiger charge is 2.25. The molecule has 1 N–H and O–H groups in total. The van der Waals surface area contributed by atoms with Crippen molar-refractivity contribution in [3.8, 4) is 0 Å². The topological polar surface area (TPSA) is 76.9 Å². The Morgan fingerprint density at radius 3 is 2.50 bits per heavy atom. The SMILES string of the molecule is Cc1cc(F)c(NS(=O)(=O)c2c(Br)nnn2C)cc1F. The Labute approximate surface area is 122 Å². The van der Waals surface area contributed by atoms with Gasteiger partial charge in [-0.1, -0.05) is 5.21 Å². The summed E-state index contributed by atoms with van der Waals surface area (Å²) in [5, 5.41) is 6.74. The predicted octanol–water partition coefficient (Wildman–Crippen LogP) is 1.97. The van der Waals surface area contributed by atoms with E-state index in [1.165, 1.54) is 14.0 Å². The molecular formula is C10H9BrF2N4O2S. The molecule has 0 amide bonds.